The molecule has 10 heavy (non-hydrogen) atoms. The van der Waals surface area contributed by atoms with E-state index in [-0.39, 0.29) is 5.82 Å². The van der Waals surface area contributed by atoms with Gasteiger partial charge in [-0.3, -0.25) is 0 Å². The minimum atomic E-state index is -0.243. The van der Waals surface area contributed by atoms with Crippen LogP contribution < -0.4 is 5.73 Å². The highest BCUT2D eigenvalue weighted by molar-refractivity contribution is 7.98. The standard InChI is InChI=1S/C7H8FNS/c1-10-7-3-2-5(9)4-6(7)8/h2-4H,9H2,1H3. The van der Waals surface area contributed by atoms with Crippen LogP contribution in [-0.4, -0.2) is 6.26 Å². The van der Waals surface area contributed by atoms with Crippen LogP contribution >= 0.6 is 11.8 Å². The predicted octanol–water partition coefficient (Wildman–Crippen LogP) is 2.13. The second-order valence-electron chi connectivity index (χ2n) is 1.89. The maximum Gasteiger partial charge on any atom is 0.138 e. The summed E-state index contributed by atoms with van der Waals surface area (Å²) >= 11 is 1.37. The largest absolute Gasteiger partial charge is 0.399 e. The van der Waals surface area contributed by atoms with Gasteiger partial charge in [-0.2, -0.15) is 0 Å². The number of hydrogen-bond donors (Lipinski definition) is 1. The number of thioether (sulfide) groups is 1. The van der Waals surface area contributed by atoms with Gasteiger partial charge in [-0.05, 0) is 24.5 Å². The SMILES string of the molecule is CSc1ccc(N)cc1F. The first-order chi connectivity index (χ1) is 4.74. The molecular weight excluding hydrogens is 149 g/mol. The van der Waals surface area contributed by atoms with Crippen LogP contribution in [0.4, 0.5) is 10.1 Å². The van der Waals surface area contributed by atoms with E-state index in [0.29, 0.717) is 10.6 Å². The number of halogens is 1. The quantitative estimate of drug-likeness (QED) is 0.499. The molecule has 0 spiro atoms. The molecule has 3 heteroatoms. The highest BCUT2D eigenvalue weighted by Crippen LogP contribution is 2.20. The molecule has 1 aromatic rings. The van der Waals surface area contributed by atoms with E-state index in [0.717, 1.165) is 0 Å². The van der Waals surface area contributed by atoms with Crippen LogP contribution in [0, 0.1) is 5.82 Å². The smallest absolute Gasteiger partial charge is 0.138 e. The molecule has 0 unspecified atom stereocenters. The molecule has 1 rings (SSSR count). The summed E-state index contributed by atoms with van der Waals surface area (Å²) < 4.78 is 12.7. The van der Waals surface area contributed by atoms with Crippen LogP contribution in [0.1, 0.15) is 0 Å². The van der Waals surface area contributed by atoms with Crippen LogP contribution in [0.25, 0.3) is 0 Å². The summed E-state index contributed by atoms with van der Waals surface area (Å²) in [6.07, 6.45) is 1.83. The van der Waals surface area contributed by atoms with E-state index in [9.17, 15) is 4.39 Å². The minimum Gasteiger partial charge on any atom is -0.399 e. The third-order valence-corrected chi connectivity index (χ3v) is 1.95. The Morgan fingerprint density at radius 3 is 2.70 bits per heavy atom. The van der Waals surface area contributed by atoms with Crippen molar-refractivity contribution in [2.24, 2.45) is 0 Å². The molecule has 0 saturated heterocycles. The zero-order chi connectivity index (χ0) is 7.56. The summed E-state index contributed by atoms with van der Waals surface area (Å²) in [5, 5.41) is 0. The molecule has 1 aromatic carbocycles. The predicted molar refractivity (Wildman–Crippen MR) is 42.6 cm³/mol. The van der Waals surface area contributed by atoms with Crippen molar-refractivity contribution in [1.82, 2.24) is 0 Å². The zero-order valence-corrected chi connectivity index (χ0v) is 6.41. The molecule has 0 aliphatic rings. The first-order valence-electron chi connectivity index (χ1n) is 2.83. The van der Waals surface area contributed by atoms with Gasteiger partial charge >= 0.3 is 0 Å². The highest BCUT2D eigenvalue weighted by atomic mass is 32.2. The van der Waals surface area contributed by atoms with Crippen molar-refractivity contribution >= 4 is 17.4 Å². The van der Waals surface area contributed by atoms with Crippen LogP contribution in [0.5, 0.6) is 0 Å². The van der Waals surface area contributed by atoms with Gasteiger partial charge in [-0.25, -0.2) is 4.39 Å². The summed E-state index contributed by atoms with van der Waals surface area (Å²) in [7, 11) is 0. The van der Waals surface area contributed by atoms with Crippen molar-refractivity contribution in [3.05, 3.63) is 24.0 Å². The highest BCUT2D eigenvalue weighted by Gasteiger charge is 1.98. The van der Waals surface area contributed by atoms with Gasteiger partial charge in [0.1, 0.15) is 5.82 Å². The number of nitrogens with two attached hydrogens (primary N) is 1. The summed E-state index contributed by atoms with van der Waals surface area (Å²) in [4.78, 5) is 0.634. The normalized spacial score (nSPS) is 9.80. The summed E-state index contributed by atoms with van der Waals surface area (Å²) in [6.45, 7) is 0. The van der Waals surface area contributed by atoms with Crippen molar-refractivity contribution in [3.63, 3.8) is 0 Å². The van der Waals surface area contributed by atoms with Gasteiger partial charge in [0.05, 0.1) is 0 Å². The Bertz CT molecular complexity index is 237. The van der Waals surface area contributed by atoms with Crippen molar-refractivity contribution in [1.29, 1.82) is 0 Å². The topological polar surface area (TPSA) is 26.0 Å². The van der Waals surface area contributed by atoms with Gasteiger partial charge in [0.15, 0.2) is 0 Å². The minimum absolute atomic E-state index is 0.243. The van der Waals surface area contributed by atoms with Crippen LogP contribution in [-0.2, 0) is 0 Å². The Kier molecular flexibility index (Phi) is 2.17. The average molecular weight is 157 g/mol. The Morgan fingerprint density at radius 2 is 2.20 bits per heavy atom. The lowest BCUT2D eigenvalue weighted by atomic mass is 10.3. The van der Waals surface area contributed by atoms with E-state index in [1.807, 2.05) is 6.26 Å². The molecule has 0 aliphatic carbocycles. The molecule has 1 nitrogen and oxygen atoms in total. The Morgan fingerprint density at radius 1 is 1.50 bits per heavy atom. The van der Waals surface area contributed by atoms with Crippen LogP contribution in [0.2, 0.25) is 0 Å². The second kappa shape index (κ2) is 2.92. The van der Waals surface area contributed by atoms with Crippen molar-refractivity contribution in [2.75, 3.05) is 12.0 Å². The first-order valence-corrected chi connectivity index (χ1v) is 4.05. The average Bonchev–Trinajstić information content (AvgIpc) is 1.88. The lowest BCUT2D eigenvalue weighted by molar-refractivity contribution is 0.603. The van der Waals surface area contributed by atoms with Crippen molar-refractivity contribution in [3.8, 4) is 0 Å². The third kappa shape index (κ3) is 1.42. The lowest BCUT2D eigenvalue weighted by Gasteiger charge is -1.98. The van der Waals surface area contributed by atoms with Gasteiger partial charge < -0.3 is 5.73 Å². The molecule has 0 amide bonds. The van der Waals surface area contributed by atoms with Gasteiger partial charge in [0.2, 0.25) is 0 Å². The van der Waals surface area contributed by atoms with E-state index in [4.69, 9.17) is 5.73 Å². The fourth-order valence-electron chi connectivity index (χ4n) is 0.683. The third-order valence-electron chi connectivity index (χ3n) is 1.18. The van der Waals surface area contributed by atoms with E-state index >= 15 is 0 Å². The van der Waals surface area contributed by atoms with Crippen LogP contribution in [0.3, 0.4) is 0 Å². The maximum absolute atomic E-state index is 12.7. The summed E-state index contributed by atoms with van der Waals surface area (Å²) in [6, 6.07) is 4.69. The molecule has 0 aromatic heterocycles. The molecule has 0 radical (unpaired) electrons. The number of anilines is 1. The molecule has 0 fully saturated rings. The van der Waals surface area contributed by atoms with Crippen molar-refractivity contribution in [2.45, 2.75) is 4.90 Å². The Labute approximate surface area is 63.4 Å². The Balaban J connectivity index is 3.07. The van der Waals surface area contributed by atoms with Crippen molar-refractivity contribution < 1.29 is 4.39 Å². The monoisotopic (exact) mass is 157 g/mol. The molecule has 54 valence electrons. The fourth-order valence-corrected chi connectivity index (χ4v) is 1.14. The van der Waals surface area contributed by atoms with E-state index in [2.05, 4.69) is 0 Å². The molecule has 0 aliphatic heterocycles. The number of benzene rings is 1. The molecule has 0 heterocycles. The molecule has 2 N–H and O–H groups in total. The molecule has 0 atom stereocenters. The zero-order valence-electron chi connectivity index (χ0n) is 5.60. The molecule has 0 bridgehead atoms. The summed E-state index contributed by atoms with van der Waals surface area (Å²) in [5.41, 5.74) is 5.80. The number of hydrogen-bond acceptors (Lipinski definition) is 2. The fraction of sp³-hybridized carbons (Fsp3) is 0.143. The summed E-state index contributed by atoms with van der Waals surface area (Å²) in [5.74, 6) is -0.243. The van der Waals surface area contributed by atoms with E-state index < -0.39 is 0 Å². The molecule has 0 saturated carbocycles. The van der Waals surface area contributed by atoms with Crippen LogP contribution in [0.15, 0.2) is 23.1 Å². The van der Waals surface area contributed by atoms with Gasteiger partial charge in [-0.15, -0.1) is 11.8 Å². The maximum atomic E-state index is 12.7. The van der Waals surface area contributed by atoms with E-state index in [1.165, 1.54) is 17.8 Å². The lowest BCUT2D eigenvalue weighted by Crippen LogP contribution is -1.86. The van der Waals surface area contributed by atoms with Gasteiger partial charge in [0.25, 0.3) is 0 Å². The number of nitrogen functional groups attached to an aromatic ring is 1. The first kappa shape index (κ1) is 7.41. The second-order valence-corrected chi connectivity index (χ2v) is 2.74. The van der Waals surface area contributed by atoms with Gasteiger partial charge in [0, 0.05) is 10.6 Å². The Hall–Kier alpha value is -0.700. The molecular formula is C7H8FNS. The number of rotatable bonds is 1. The van der Waals surface area contributed by atoms with Gasteiger partial charge in [-0.1, -0.05) is 0 Å². The van der Waals surface area contributed by atoms with E-state index in [1.54, 1.807) is 12.1 Å².